The van der Waals surface area contributed by atoms with Crippen LogP contribution in [-0.2, 0) is 6.54 Å². The van der Waals surface area contributed by atoms with Crippen LogP contribution in [0.5, 0.6) is 0 Å². The van der Waals surface area contributed by atoms with Gasteiger partial charge in [0.25, 0.3) is 0 Å². The smallest absolute Gasteiger partial charge is 0.0346 e. The molecule has 2 aromatic rings. The van der Waals surface area contributed by atoms with Gasteiger partial charge in [0.2, 0.25) is 0 Å². The number of fused-ring (bicyclic) bond motifs is 1. The van der Waals surface area contributed by atoms with Gasteiger partial charge in [0.15, 0.2) is 0 Å². The minimum atomic E-state index is 0. The van der Waals surface area contributed by atoms with Crippen molar-refractivity contribution in [1.29, 1.82) is 0 Å². The lowest BCUT2D eigenvalue weighted by molar-refractivity contribution is 0.483. The highest BCUT2D eigenvalue weighted by Gasteiger charge is 2.02. The van der Waals surface area contributed by atoms with Crippen LogP contribution in [0.3, 0.4) is 0 Å². The Kier molecular flexibility index (Phi) is 7.99. The molecular weight excluding hydrogens is 256 g/mol. The number of aromatic nitrogens is 1. The largest absolute Gasteiger partial charge is 0.310 e. The van der Waals surface area contributed by atoms with Gasteiger partial charge in [-0.2, -0.15) is 0 Å². The molecule has 116 valence electrons. The average molecular weight is 286 g/mol. The molecule has 1 heterocycles. The number of benzene rings is 1. The summed E-state index contributed by atoms with van der Waals surface area (Å²) in [5, 5.41) is 6.11. The van der Waals surface area contributed by atoms with Crippen LogP contribution in [0.15, 0.2) is 36.7 Å². The van der Waals surface area contributed by atoms with Gasteiger partial charge in [-0.05, 0) is 36.4 Å². The average Bonchev–Trinajstić information content (AvgIpc) is 2.49. The molecule has 0 radical (unpaired) electrons. The summed E-state index contributed by atoms with van der Waals surface area (Å²) in [5.41, 5.74) is 1.35. The quantitative estimate of drug-likeness (QED) is 0.664. The molecule has 0 saturated heterocycles. The van der Waals surface area contributed by atoms with Gasteiger partial charge in [-0.25, -0.2) is 0 Å². The lowest BCUT2D eigenvalue weighted by Gasteiger charge is -2.14. The molecule has 1 aromatic heterocycles. The number of nitrogens with zero attached hydrogens (tertiary/aromatic N) is 1. The topological polar surface area (TPSA) is 24.9 Å². The molecule has 0 amide bonds. The zero-order valence-electron chi connectivity index (χ0n) is 12.7. The van der Waals surface area contributed by atoms with Crippen molar-refractivity contribution in [3.05, 3.63) is 42.2 Å². The van der Waals surface area contributed by atoms with E-state index in [2.05, 4.69) is 48.4 Å². The van der Waals surface area contributed by atoms with Crippen LogP contribution in [0.4, 0.5) is 0 Å². The van der Waals surface area contributed by atoms with E-state index in [9.17, 15) is 0 Å². The van der Waals surface area contributed by atoms with E-state index in [4.69, 9.17) is 0 Å². The zero-order valence-corrected chi connectivity index (χ0v) is 12.7. The number of rotatable bonds is 8. The number of hydrogen-bond acceptors (Lipinski definition) is 2. The van der Waals surface area contributed by atoms with E-state index in [1.165, 1.54) is 48.4 Å². The Balaban J connectivity index is 0.00000220. The van der Waals surface area contributed by atoms with Crippen molar-refractivity contribution >= 4 is 10.8 Å². The number of pyridine rings is 1. The normalized spacial score (nSPS) is 12.1. The molecule has 0 fully saturated rings. The second-order valence-electron chi connectivity index (χ2n) is 5.69. The lowest BCUT2D eigenvalue weighted by atomic mass is 10.1. The maximum atomic E-state index is 4.15. The van der Waals surface area contributed by atoms with Gasteiger partial charge in [-0.3, -0.25) is 4.98 Å². The molecular formula is C19H30N2. The highest BCUT2D eigenvalue weighted by atomic mass is 14.9. The Morgan fingerprint density at radius 1 is 1.10 bits per heavy atom. The number of hydrogen-bond donors (Lipinski definition) is 1. The summed E-state index contributed by atoms with van der Waals surface area (Å²) >= 11 is 0. The molecule has 2 heteroatoms. The van der Waals surface area contributed by atoms with E-state index in [1.807, 2.05) is 12.4 Å². The van der Waals surface area contributed by atoms with Crippen LogP contribution in [0, 0.1) is 0 Å². The minimum Gasteiger partial charge on any atom is -0.310 e. The molecule has 1 N–H and O–H groups in total. The summed E-state index contributed by atoms with van der Waals surface area (Å²) in [4.78, 5) is 4.15. The Hall–Kier alpha value is -1.41. The molecule has 2 rings (SSSR count). The first kappa shape index (κ1) is 17.6. The fourth-order valence-corrected chi connectivity index (χ4v) is 2.51. The molecule has 0 spiro atoms. The fourth-order valence-electron chi connectivity index (χ4n) is 2.51. The highest BCUT2D eigenvalue weighted by Crippen LogP contribution is 2.14. The lowest BCUT2D eigenvalue weighted by Crippen LogP contribution is -2.25. The standard InChI is InChI=1S/C18H26N2.CH4/c1-3-4-5-6-7-15(2)20-13-16-8-9-18-14-19-11-10-17(18)12-16;/h8-12,14-15,20H,3-7,13H2,1-2H3;1H4/t15-;/m1./s1. The van der Waals surface area contributed by atoms with Crippen LogP contribution in [-0.4, -0.2) is 11.0 Å². The Morgan fingerprint density at radius 3 is 2.76 bits per heavy atom. The molecule has 0 unspecified atom stereocenters. The van der Waals surface area contributed by atoms with E-state index < -0.39 is 0 Å². The summed E-state index contributed by atoms with van der Waals surface area (Å²) in [5.74, 6) is 0. The maximum absolute atomic E-state index is 4.15. The van der Waals surface area contributed by atoms with E-state index >= 15 is 0 Å². The molecule has 0 saturated carbocycles. The fraction of sp³-hybridized carbons (Fsp3) is 0.526. The van der Waals surface area contributed by atoms with Crippen molar-refractivity contribution in [3.63, 3.8) is 0 Å². The Morgan fingerprint density at radius 2 is 1.95 bits per heavy atom. The van der Waals surface area contributed by atoms with Crippen molar-refractivity contribution in [2.75, 3.05) is 0 Å². The van der Waals surface area contributed by atoms with Gasteiger partial charge < -0.3 is 5.32 Å². The maximum Gasteiger partial charge on any atom is 0.0346 e. The second-order valence-corrected chi connectivity index (χ2v) is 5.69. The summed E-state index contributed by atoms with van der Waals surface area (Å²) in [6.45, 7) is 5.50. The zero-order chi connectivity index (χ0) is 14.2. The van der Waals surface area contributed by atoms with Crippen LogP contribution < -0.4 is 5.32 Å². The van der Waals surface area contributed by atoms with Gasteiger partial charge in [0.05, 0.1) is 0 Å². The predicted molar refractivity (Wildman–Crippen MR) is 93.5 cm³/mol. The van der Waals surface area contributed by atoms with Crippen LogP contribution in [0.2, 0.25) is 0 Å². The third-order valence-electron chi connectivity index (χ3n) is 3.85. The molecule has 1 atom stereocenters. The highest BCUT2D eigenvalue weighted by molar-refractivity contribution is 5.81. The molecule has 2 nitrogen and oxygen atoms in total. The summed E-state index contributed by atoms with van der Waals surface area (Å²) < 4.78 is 0. The summed E-state index contributed by atoms with van der Waals surface area (Å²) in [6, 6.07) is 9.28. The molecule has 0 aliphatic carbocycles. The van der Waals surface area contributed by atoms with Gasteiger partial charge >= 0.3 is 0 Å². The number of nitrogens with one attached hydrogen (secondary N) is 1. The second kappa shape index (κ2) is 9.51. The van der Waals surface area contributed by atoms with Crippen molar-refractivity contribution in [2.24, 2.45) is 0 Å². The first-order valence-corrected chi connectivity index (χ1v) is 7.85. The first-order valence-electron chi connectivity index (χ1n) is 7.85. The van der Waals surface area contributed by atoms with Gasteiger partial charge in [0, 0.05) is 30.4 Å². The summed E-state index contributed by atoms with van der Waals surface area (Å²) in [6.07, 6.45) is 10.4. The van der Waals surface area contributed by atoms with Crippen molar-refractivity contribution < 1.29 is 0 Å². The van der Waals surface area contributed by atoms with Crippen LogP contribution in [0.1, 0.15) is 58.9 Å². The number of unbranched alkanes of at least 4 members (excludes halogenated alkanes) is 3. The molecule has 21 heavy (non-hydrogen) atoms. The molecule has 1 aromatic carbocycles. The van der Waals surface area contributed by atoms with E-state index in [1.54, 1.807) is 0 Å². The van der Waals surface area contributed by atoms with Crippen molar-refractivity contribution in [3.8, 4) is 0 Å². The van der Waals surface area contributed by atoms with Crippen molar-refractivity contribution in [2.45, 2.75) is 66.0 Å². The monoisotopic (exact) mass is 286 g/mol. The van der Waals surface area contributed by atoms with E-state index in [0.717, 1.165) is 6.54 Å². The predicted octanol–water partition coefficient (Wildman–Crippen LogP) is 5.32. The van der Waals surface area contributed by atoms with E-state index in [0.29, 0.717) is 6.04 Å². The van der Waals surface area contributed by atoms with Gasteiger partial charge in [-0.1, -0.05) is 52.2 Å². The summed E-state index contributed by atoms with van der Waals surface area (Å²) in [7, 11) is 0. The first-order chi connectivity index (χ1) is 9.79. The molecule has 0 aliphatic heterocycles. The Labute approximate surface area is 130 Å². The van der Waals surface area contributed by atoms with E-state index in [-0.39, 0.29) is 7.43 Å². The van der Waals surface area contributed by atoms with Gasteiger partial charge in [-0.15, -0.1) is 0 Å². The van der Waals surface area contributed by atoms with Crippen molar-refractivity contribution in [1.82, 2.24) is 10.3 Å². The third kappa shape index (κ3) is 5.84. The molecule has 0 aliphatic rings. The van der Waals surface area contributed by atoms with Crippen LogP contribution >= 0.6 is 0 Å². The van der Waals surface area contributed by atoms with Crippen LogP contribution in [0.25, 0.3) is 10.8 Å². The van der Waals surface area contributed by atoms with Gasteiger partial charge in [0.1, 0.15) is 0 Å². The third-order valence-corrected chi connectivity index (χ3v) is 3.85. The Bertz CT molecular complexity index is 522. The molecule has 0 bridgehead atoms. The SMILES string of the molecule is C.CCCCCC[C@@H](C)NCc1ccc2cnccc2c1. The minimum absolute atomic E-state index is 0.